The lowest BCUT2D eigenvalue weighted by Crippen LogP contribution is -2.28. The predicted molar refractivity (Wildman–Crippen MR) is 82.3 cm³/mol. The molecule has 3 rings (SSSR count). The summed E-state index contributed by atoms with van der Waals surface area (Å²) < 4.78 is 0. The molecular formula is C14H19N5S. The van der Waals surface area contributed by atoms with Gasteiger partial charge in [0.25, 0.3) is 0 Å². The monoisotopic (exact) mass is 289 g/mol. The number of aromatic nitrogens is 3. The maximum atomic E-state index is 4.65. The molecule has 1 saturated carbocycles. The molecule has 0 saturated heterocycles. The van der Waals surface area contributed by atoms with Crippen molar-refractivity contribution in [2.24, 2.45) is 0 Å². The molecule has 1 aliphatic carbocycles. The van der Waals surface area contributed by atoms with Crippen LogP contribution in [-0.2, 0) is 5.54 Å². The van der Waals surface area contributed by atoms with E-state index < -0.39 is 0 Å². The third-order valence-electron chi connectivity index (χ3n) is 3.35. The van der Waals surface area contributed by atoms with E-state index in [1.807, 2.05) is 24.7 Å². The van der Waals surface area contributed by atoms with Crippen LogP contribution in [0, 0.1) is 0 Å². The molecule has 2 aromatic heterocycles. The zero-order chi connectivity index (χ0) is 14.2. The van der Waals surface area contributed by atoms with Crippen molar-refractivity contribution in [3.05, 3.63) is 28.5 Å². The highest BCUT2D eigenvalue weighted by atomic mass is 32.1. The second kappa shape index (κ2) is 5.01. The van der Waals surface area contributed by atoms with E-state index in [9.17, 15) is 0 Å². The Labute approximate surface area is 122 Å². The first kappa shape index (κ1) is 13.3. The molecule has 2 aromatic rings. The van der Waals surface area contributed by atoms with Gasteiger partial charge < -0.3 is 10.6 Å². The van der Waals surface area contributed by atoms with Crippen LogP contribution >= 0.6 is 11.3 Å². The van der Waals surface area contributed by atoms with Crippen LogP contribution in [0.1, 0.15) is 43.4 Å². The van der Waals surface area contributed by atoms with Gasteiger partial charge in [-0.1, -0.05) is 0 Å². The number of hydrogen-bond donors (Lipinski definition) is 2. The second-order valence-electron chi connectivity index (χ2n) is 5.61. The van der Waals surface area contributed by atoms with Gasteiger partial charge in [0.2, 0.25) is 0 Å². The van der Waals surface area contributed by atoms with Crippen molar-refractivity contribution < 1.29 is 0 Å². The summed E-state index contributed by atoms with van der Waals surface area (Å²) in [6.07, 6.45) is 4.23. The van der Waals surface area contributed by atoms with Crippen molar-refractivity contribution in [3.63, 3.8) is 0 Å². The van der Waals surface area contributed by atoms with Gasteiger partial charge in [0.1, 0.15) is 22.5 Å². The highest BCUT2D eigenvalue weighted by Crippen LogP contribution is 2.39. The summed E-state index contributed by atoms with van der Waals surface area (Å²) in [6, 6.07) is 1.95. The summed E-state index contributed by atoms with van der Waals surface area (Å²) in [5.41, 5.74) is -0.242. The van der Waals surface area contributed by atoms with Crippen LogP contribution in [0.25, 0.3) is 0 Å². The van der Waals surface area contributed by atoms with E-state index in [1.54, 1.807) is 11.3 Å². The van der Waals surface area contributed by atoms with E-state index in [2.05, 4.69) is 39.4 Å². The minimum atomic E-state index is -0.242. The Hall–Kier alpha value is -1.69. The quantitative estimate of drug-likeness (QED) is 0.885. The van der Waals surface area contributed by atoms with E-state index >= 15 is 0 Å². The molecule has 0 aliphatic heterocycles. The SMILES string of the molecule is CNc1cc(NC(C)(C)c2nccs2)nc(C2CC2)n1. The van der Waals surface area contributed by atoms with Gasteiger partial charge >= 0.3 is 0 Å². The lowest BCUT2D eigenvalue weighted by molar-refractivity contribution is 0.600. The summed E-state index contributed by atoms with van der Waals surface area (Å²) in [7, 11) is 1.88. The number of nitrogens with zero attached hydrogens (tertiary/aromatic N) is 3. The summed E-state index contributed by atoms with van der Waals surface area (Å²) >= 11 is 1.65. The van der Waals surface area contributed by atoms with Gasteiger partial charge in [-0.25, -0.2) is 15.0 Å². The Balaban J connectivity index is 1.88. The molecule has 6 heteroatoms. The van der Waals surface area contributed by atoms with Crippen molar-refractivity contribution >= 4 is 23.0 Å². The Kier molecular flexibility index (Phi) is 3.33. The summed E-state index contributed by atoms with van der Waals surface area (Å²) in [4.78, 5) is 13.6. The van der Waals surface area contributed by atoms with Crippen molar-refractivity contribution in [2.45, 2.75) is 38.1 Å². The molecule has 0 spiro atoms. The maximum Gasteiger partial charge on any atom is 0.136 e. The number of nitrogens with one attached hydrogen (secondary N) is 2. The smallest absolute Gasteiger partial charge is 0.136 e. The standard InChI is InChI=1S/C14H19N5S/c1-14(2,13-16-6-7-20-13)19-11-8-10(15-3)17-12(18-11)9-4-5-9/h6-9H,4-5H2,1-3H3,(H2,15,17,18,19). The van der Waals surface area contributed by atoms with Crippen LogP contribution in [0.5, 0.6) is 0 Å². The molecule has 1 aliphatic rings. The number of rotatable bonds is 5. The van der Waals surface area contributed by atoms with Gasteiger partial charge in [-0.15, -0.1) is 11.3 Å². The first-order valence-corrected chi connectivity index (χ1v) is 7.71. The second-order valence-corrected chi connectivity index (χ2v) is 6.50. The zero-order valence-electron chi connectivity index (χ0n) is 12.0. The summed E-state index contributed by atoms with van der Waals surface area (Å²) in [5.74, 6) is 3.19. The van der Waals surface area contributed by atoms with Gasteiger partial charge in [0.15, 0.2) is 0 Å². The fraction of sp³-hybridized carbons (Fsp3) is 0.500. The first-order chi connectivity index (χ1) is 9.58. The fourth-order valence-electron chi connectivity index (χ4n) is 2.09. The third-order valence-corrected chi connectivity index (χ3v) is 4.45. The summed E-state index contributed by atoms with van der Waals surface area (Å²) in [6.45, 7) is 4.23. The van der Waals surface area contributed by atoms with Crippen LogP contribution < -0.4 is 10.6 Å². The van der Waals surface area contributed by atoms with Crippen molar-refractivity contribution in [3.8, 4) is 0 Å². The zero-order valence-corrected chi connectivity index (χ0v) is 12.8. The molecular weight excluding hydrogens is 270 g/mol. The predicted octanol–water partition coefficient (Wildman–Crippen LogP) is 3.20. The Morgan fingerprint density at radius 3 is 2.60 bits per heavy atom. The van der Waals surface area contributed by atoms with E-state index in [0.29, 0.717) is 5.92 Å². The molecule has 2 N–H and O–H groups in total. The highest BCUT2D eigenvalue weighted by molar-refractivity contribution is 7.09. The van der Waals surface area contributed by atoms with Crippen LogP contribution in [0.15, 0.2) is 17.6 Å². The van der Waals surface area contributed by atoms with E-state index in [4.69, 9.17) is 0 Å². The number of thiazole rings is 1. The van der Waals surface area contributed by atoms with Gasteiger partial charge in [0, 0.05) is 30.6 Å². The molecule has 0 unspecified atom stereocenters. The van der Waals surface area contributed by atoms with Crippen LogP contribution in [0.3, 0.4) is 0 Å². The molecule has 0 atom stereocenters. The van der Waals surface area contributed by atoms with E-state index in [1.165, 1.54) is 12.8 Å². The third kappa shape index (κ3) is 2.75. The van der Waals surface area contributed by atoms with Crippen molar-refractivity contribution in [1.29, 1.82) is 0 Å². The average molecular weight is 289 g/mol. The largest absolute Gasteiger partial charge is 0.373 e. The molecule has 1 fully saturated rings. The minimum absolute atomic E-state index is 0.242. The normalized spacial score (nSPS) is 15.2. The Bertz CT molecular complexity index is 590. The van der Waals surface area contributed by atoms with Gasteiger partial charge in [-0.2, -0.15) is 0 Å². The van der Waals surface area contributed by atoms with Crippen LogP contribution in [0.4, 0.5) is 11.6 Å². The molecule has 0 amide bonds. The van der Waals surface area contributed by atoms with Gasteiger partial charge in [0.05, 0.1) is 5.54 Å². The van der Waals surface area contributed by atoms with Crippen LogP contribution in [0.2, 0.25) is 0 Å². The van der Waals surface area contributed by atoms with Gasteiger partial charge in [-0.3, -0.25) is 0 Å². The molecule has 2 heterocycles. The average Bonchev–Trinajstić information content (AvgIpc) is 3.11. The van der Waals surface area contributed by atoms with E-state index in [0.717, 1.165) is 22.5 Å². The molecule has 0 aromatic carbocycles. The van der Waals surface area contributed by atoms with Crippen LogP contribution in [-0.4, -0.2) is 22.0 Å². The van der Waals surface area contributed by atoms with Crippen molar-refractivity contribution in [1.82, 2.24) is 15.0 Å². The summed E-state index contributed by atoms with van der Waals surface area (Å²) in [5, 5.41) is 9.63. The topological polar surface area (TPSA) is 62.7 Å². The molecule has 0 bridgehead atoms. The highest BCUT2D eigenvalue weighted by Gasteiger charge is 2.29. The number of anilines is 2. The molecule has 5 nitrogen and oxygen atoms in total. The van der Waals surface area contributed by atoms with E-state index in [-0.39, 0.29) is 5.54 Å². The molecule has 106 valence electrons. The fourth-order valence-corrected chi connectivity index (χ4v) is 2.81. The lowest BCUT2D eigenvalue weighted by Gasteiger charge is -2.25. The lowest BCUT2D eigenvalue weighted by atomic mass is 10.1. The molecule has 0 radical (unpaired) electrons. The minimum Gasteiger partial charge on any atom is -0.373 e. The Morgan fingerprint density at radius 1 is 1.25 bits per heavy atom. The Morgan fingerprint density at radius 2 is 2.00 bits per heavy atom. The maximum absolute atomic E-state index is 4.65. The van der Waals surface area contributed by atoms with Gasteiger partial charge in [-0.05, 0) is 26.7 Å². The molecule has 20 heavy (non-hydrogen) atoms. The first-order valence-electron chi connectivity index (χ1n) is 6.83. The van der Waals surface area contributed by atoms with Crippen molar-refractivity contribution in [2.75, 3.05) is 17.7 Å². The number of hydrogen-bond acceptors (Lipinski definition) is 6.